The quantitative estimate of drug-likeness (QED) is 0.813. The normalized spacial score (nSPS) is 11.0. The number of imidazole rings is 1. The van der Waals surface area contributed by atoms with Gasteiger partial charge in [0.05, 0.1) is 5.69 Å². The number of carbonyl (C=O) groups is 1. The number of rotatable bonds is 3. The number of aliphatic carboxylic acids is 1. The minimum Gasteiger partial charge on any atom is -0.478 e. The lowest BCUT2D eigenvalue weighted by atomic mass is 10.1. The number of benzene rings is 1. The van der Waals surface area contributed by atoms with E-state index in [4.69, 9.17) is 5.11 Å². The molecule has 0 fully saturated rings. The van der Waals surface area contributed by atoms with Gasteiger partial charge in [0.2, 0.25) is 0 Å². The van der Waals surface area contributed by atoms with Crippen LogP contribution in [0.5, 0.6) is 0 Å². The second-order valence-electron chi connectivity index (χ2n) is 4.13. The molecule has 2 N–H and O–H groups in total. The maximum absolute atomic E-state index is 10.4. The van der Waals surface area contributed by atoms with Crippen molar-refractivity contribution in [3.8, 4) is 11.3 Å². The highest BCUT2D eigenvalue weighted by atomic mass is 16.4. The molecule has 1 aromatic carbocycles. The van der Waals surface area contributed by atoms with Gasteiger partial charge in [0.15, 0.2) is 0 Å². The van der Waals surface area contributed by atoms with Gasteiger partial charge in [0.25, 0.3) is 0 Å². The molecular weight excluding hydrogens is 228 g/mol. The van der Waals surface area contributed by atoms with E-state index in [1.165, 1.54) is 11.6 Å². The topological polar surface area (TPSA) is 66.0 Å². The molecule has 4 heteroatoms. The molecule has 2 aromatic rings. The van der Waals surface area contributed by atoms with Crippen LogP contribution in [0, 0.1) is 13.8 Å². The Morgan fingerprint density at radius 3 is 2.56 bits per heavy atom. The molecule has 4 nitrogen and oxygen atoms in total. The number of carboxylic acids is 1. The molecule has 0 atom stereocenters. The Labute approximate surface area is 105 Å². The summed E-state index contributed by atoms with van der Waals surface area (Å²) in [6.45, 7) is 3.95. The van der Waals surface area contributed by atoms with Crippen LogP contribution in [-0.2, 0) is 4.79 Å². The van der Waals surface area contributed by atoms with Crippen molar-refractivity contribution in [3.05, 3.63) is 47.4 Å². The number of hydrogen-bond donors (Lipinski definition) is 2. The minimum atomic E-state index is -0.985. The van der Waals surface area contributed by atoms with E-state index >= 15 is 0 Å². The lowest BCUT2D eigenvalue weighted by Crippen LogP contribution is -1.86. The van der Waals surface area contributed by atoms with E-state index in [0.717, 1.165) is 23.0 Å². The summed E-state index contributed by atoms with van der Waals surface area (Å²) in [4.78, 5) is 17.9. The first-order valence-electron chi connectivity index (χ1n) is 5.61. The SMILES string of the molecule is Cc1ccc(-c2nc(/C=C/C(=O)O)[nH]c2C)cc1. The van der Waals surface area contributed by atoms with Gasteiger partial charge in [-0.25, -0.2) is 9.78 Å². The van der Waals surface area contributed by atoms with Gasteiger partial charge in [0, 0.05) is 17.3 Å². The van der Waals surface area contributed by atoms with Crippen LogP contribution in [0.4, 0.5) is 0 Å². The van der Waals surface area contributed by atoms with Crippen LogP contribution < -0.4 is 0 Å². The molecule has 92 valence electrons. The monoisotopic (exact) mass is 242 g/mol. The fraction of sp³-hybridized carbons (Fsp3) is 0.143. The van der Waals surface area contributed by atoms with E-state index in [9.17, 15) is 4.79 Å². The van der Waals surface area contributed by atoms with Crippen molar-refractivity contribution in [2.75, 3.05) is 0 Å². The number of H-pyrrole nitrogens is 1. The smallest absolute Gasteiger partial charge is 0.328 e. The Morgan fingerprint density at radius 2 is 1.94 bits per heavy atom. The predicted octanol–water partition coefficient (Wildman–Crippen LogP) is 2.79. The molecule has 0 unspecified atom stereocenters. The molecule has 18 heavy (non-hydrogen) atoms. The summed E-state index contributed by atoms with van der Waals surface area (Å²) in [7, 11) is 0. The molecule has 2 rings (SSSR count). The summed E-state index contributed by atoms with van der Waals surface area (Å²) in [6.07, 6.45) is 2.52. The number of nitrogens with one attached hydrogen (secondary N) is 1. The van der Waals surface area contributed by atoms with Gasteiger partial charge in [-0.2, -0.15) is 0 Å². The van der Waals surface area contributed by atoms with Crippen molar-refractivity contribution >= 4 is 12.0 Å². The van der Waals surface area contributed by atoms with E-state index < -0.39 is 5.97 Å². The Kier molecular flexibility index (Phi) is 3.28. The molecule has 0 aliphatic heterocycles. The highest BCUT2D eigenvalue weighted by Crippen LogP contribution is 2.21. The molecule has 0 aliphatic carbocycles. The maximum Gasteiger partial charge on any atom is 0.328 e. The van der Waals surface area contributed by atoms with E-state index in [1.807, 2.05) is 38.1 Å². The van der Waals surface area contributed by atoms with E-state index in [0.29, 0.717) is 5.82 Å². The second kappa shape index (κ2) is 4.87. The number of nitrogens with zero attached hydrogens (tertiary/aromatic N) is 1. The fourth-order valence-electron chi connectivity index (χ4n) is 1.71. The molecule has 0 radical (unpaired) electrons. The van der Waals surface area contributed by atoms with Gasteiger partial charge >= 0.3 is 5.97 Å². The van der Waals surface area contributed by atoms with Crippen molar-refractivity contribution in [1.82, 2.24) is 9.97 Å². The largest absolute Gasteiger partial charge is 0.478 e. The van der Waals surface area contributed by atoms with Crippen LogP contribution in [0.15, 0.2) is 30.3 Å². The van der Waals surface area contributed by atoms with Gasteiger partial charge in [-0.15, -0.1) is 0 Å². The van der Waals surface area contributed by atoms with Crippen molar-refractivity contribution in [1.29, 1.82) is 0 Å². The van der Waals surface area contributed by atoms with Gasteiger partial charge in [-0.1, -0.05) is 29.8 Å². The number of carboxylic acid groups (broad SMARTS) is 1. The molecule has 0 aliphatic rings. The summed E-state index contributed by atoms with van der Waals surface area (Å²) < 4.78 is 0. The van der Waals surface area contributed by atoms with E-state index in [1.54, 1.807) is 0 Å². The lowest BCUT2D eigenvalue weighted by Gasteiger charge is -1.98. The third-order valence-corrected chi connectivity index (χ3v) is 2.61. The average Bonchev–Trinajstić information content (AvgIpc) is 2.69. The third kappa shape index (κ3) is 2.66. The Hall–Kier alpha value is -2.36. The van der Waals surface area contributed by atoms with Gasteiger partial charge in [-0.05, 0) is 19.9 Å². The second-order valence-corrected chi connectivity index (χ2v) is 4.13. The number of hydrogen-bond acceptors (Lipinski definition) is 2. The zero-order valence-electron chi connectivity index (χ0n) is 10.3. The summed E-state index contributed by atoms with van der Waals surface area (Å²) >= 11 is 0. The van der Waals surface area contributed by atoms with Crippen LogP contribution in [0.3, 0.4) is 0 Å². The summed E-state index contributed by atoms with van der Waals surface area (Å²) in [5, 5.41) is 8.57. The molecule has 0 spiro atoms. The van der Waals surface area contributed by atoms with Crippen molar-refractivity contribution in [2.24, 2.45) is 0 Å². The summed E-state index contributed by atoms with van der Waals surface area (Å²) in [5.74, 6) is -0.439. The Balaban J connectivity index is 2.34. The highest BCUT2D eigenvalue weighted by molar-refractivity contribution is 5.84. The van der Waals surface area contributed by atoms with Crippen LogP contribution in [-0.4, -0.2) is 21.0 Å². The van der Waals surface area contributed by atoms with Gasteiger partial charge in [0.1, 0.15) is 5.82 Å². The summed E-state index contributed by atoms with van der Waals surface area (Å²) in [5.41, 5.74) is 3.98. The number of aromatic amines is 1. The molecular formula is C14H14N2O2. The van der Waals surface area contributed by atoms with Crippen molar-refractivity contribution in [3.63, 3.8) is 0 Å². The first kappa shape index (κ1) is 12.1. The fourth-order valence-corrected chi connectivity index (χ4v) is 1.71. The lowest BCUT2D eigenvalue weighted by molar-refractivity contribution is -0.131. The van der Waals surface area contributed by atoms with Gasteiger partial charge in [-0.3, -0.25) is 0 Å². The molecule has 0 amide bonds. The molecule has 0 saturated carbocycles. The van der Waals surface area contributed by atoms with Crippen LogP contribution >= 0.6 is 0 Å². The van der Waals surface area contributed by atoms with Gasteiger partial charge < -0.3 is 10.1 Å². The Morgan fingerprint density at radius 1 is 1.28 bits per heavy atom. The van der Waals surface area contributed by atoms with E-state index in [2.05, 4.69) is 9.97 Å². The predicted molar refractivity (Wildman–Crippen MR) is 70.2 cm³/mol. The molecule has 0 saturated heterocycles. The van der Waals surface area contributed by atoms with E-state index in [-0.39, 0.29) is 0 Å². The summed E-state index contributed by atoms with van der Waals surface area (Å²) in [6, 6.07) is 8.05. The zero-order chi connectivity index (χ0) is 13.1. The average molecular weight is 242 g/mol. The third-order valence-electron chi connectivity index (χ3n) is 2.61. The number of aryl methyl sites for hydroxylation is 2. The maximum atomic E-state index is 10.4. The van der Waals surface area contributed by atoms with Crippen LogP contribution in [0.25, 0.3) is 17.3 Å². The van der Waals surface area contributed by atoms with Crippen molar-refractivity contribution < 1.29 is 9.90 Å². The van der Waals surface area contributed by atoms with Crippen LogP contribution in [0.2, 0.25) is 0 Å². The minimum absolute atomic E-state index is 0.547. The highest BCUT2D eigenvalue weighted by Gasteiger charge is 2.07. The first-order valence-corrected chi connectivity index (χ1v) is 5.61. The molecule has 0 bridgehead atoms. The molecule has 1 aromatic heterocycles. The number of aromatic nitrogens is 2. The zero-order valence-corrected chi connectivity index (χ0v) is 10.3. The first-order chi connectivity index (χ1) is 8.56. The molecule has 1 heterocycles. The Bertz CT molecular complexity index is 595. The van der Waals surface area contributed by atoms with Crippen LogP contribution in [0.1, 0.15) is 17.1 Å². The van der Waals surface area contributed by atoms with Crippen molar-refractivity contribution in [2.45, 2.75) is 13.8 Å². The standard InChI is InChI=1S/C14H14N2O2/c1-9-3-5-11(6-4-9)14-10(2)15-12(16-14)7-8-13(17)18/h3-8H,1-2H3,(H,15,16)(H,17,18)/b8-7+.